The molecule has 0 spiro atoms. The van der Waals surface area contributed by atoms with E-state index in [1.54, 1.807) is 19.1 Å². The normalized spacial score (nSPS) is 14.4. The summed E-state index contributed by atoms with van der Waals surface area (Å²) in [6, 6.07) is 4.82. The third-order valence-electron chi connectivity index (χ3n) is 3.17. The van der Waals surface area contributed by atoms with Crippen molar-refractivity contribution >= 4 is 5.69 Å². The molecule has 2 atom stereocenters. The summed E-state index contributed by atoms with van der Waals surface area (Å²) < 4.78 is 5.53. The molecule has 0 radical (unpaired) electrons. The molecule has 5 heteroatoms. The molecule has 0 saturated carbocycles. The second-order valence-electron chi connectivity index (χ2n) is 5.66. The van der Waals surface area contributed by atoms with Crippen molar-refractivity contribution in [3.63, 3.8) is 0 Å². The number of rotatable bonds is 6. The maximum Gasteiger partial charge on any atom is 0.310 e. The van der Waals surface area contributed by atoms with Gasteiger partial charge in [0.1, 0.15) is 0 Å². The van der Waals surface area contributed by atoms with E-state index in [2.05, 4.69) is 0 Å². The molecule has 1 aromatic carbocycles. The minimum absolute atomic E-state index is 0.0458. The van der Waals surface area contributed by atoms with Crippen LogP contribution in [0.25, 0.3) is 0 Å². The van der Waals surface area contributed by atoms with Crippen LogP contribution in [0, 0.1) is 16.0 Å². The van der Waals surface area contributed by atoms with E-state index in [1.807, 2.05) is 27.7 Å². The summed E-state index contributed by atoms with van der Waals surface area (Å²) >= 11 is 0. The van der Waals surface area contributed by atoms with Crippen molar-refractivity contribution in [3.05, 3.63) is 33.9 Å². The lowest BCUT2D eigenvalue weighted by Crippen LogP contribution is -2.20. The molecule has 0 aliphatic rings. The van der Waals surface area contributed by atoms with Gasteiger partial charge < -0.3 is 9.84 Å². The highest BCUT2D eigenvalue weighted by molar-refractivity contribution is 5.49. The minimum atomic E-state index is -0.525. The van der Waals surface area contributed by atoms with Gasteiger partial charge in [0.2, 0.25) is 0 Å². The first-order valence-electron chi connectivity index (χ1n) is 6.87. The zero-order chi connectivity index (χ0) is 15.4. The summed E-state index contributed by atoms with van der Waals surface area (Å²) in [7, 11) is 0. The van der Waals surface area contributed by atoms with Crippen LogP contribution in [0.3, 0.4) is 0 Å². The number of aliphatic hydroxyl groups excluding tert-OH is 1. The smallest absolute Gasteiger partial charge is 0.310 e. The van der Waals surface area contributed by atoms with Crippen molar-refractivity contribution in [2.75, 3.05) is 0 Å². The van der Waals surface area contributed by atoms with E-state index in [0.29, 0.717) is 0 Å². The molecular formula is C15H23NO4. The standard InChI is InChI=1S/C15H23NO4/c1-9(2)15(11(5)17)12-6-7-13(16(18)19)14(8-12)20-10(3)4/h6-11,15,17H,1-5H3. The Morgan fingerprint density at radius 3 is 2.20 bits per heavy atom. The molecular weight excluding hydrogens is 258 g/mol. The van der Waals surface area contributed by atoms with Crippen molar-refractivity contribution in [2.45, 2.75) is 52.7 Å². The second-order valence-corrected chi connectivity index (χ2v) is 5.66. The lowest BCUT2D eigenvalue weighted by Gasteiger charge is -2.25. The molecule has 1 rings (SSSR count). The molecule has 0 heterocycles. The Labute approximate surface area is 119 Å². The Kier molecular flexibility index (Phi) is 5.51. The Hall–Kier alpha value is -1.62. The predicted molar refractivity (Wildman–Crippen MR) is 78.1 cm³/mol. The third kappa shape index (κ3) is 3.93. The Morgan fingerprint density at radius 2 is 1.80 bits per heavy atom. The summed E-state index contributed by atoms with van der Waals surface area (Å²) in [5, 5.41) is 20.9. The molecule has 0 amide bonds. The van der Waals surface area contributed by atoms with E-state index in [1.165, 1.54) is 6.07 Å². The number of hydrogen-bond acceptors (Lipinski definition) is 4. The van der Waals surface area contributed by atoms with Crippen LogP contribution in [-0.4, -0.2) is 22.2 Å². The summed E-state index contributed by atoms with van der Waals surface area (Å²) in [5.74, 6) is 0.405. The van der Waals surface area contributed by atoms with Crippen LogP contribution in [0.4, 0.5) is 5.69 Å². The number of nitro groups is 1. The van der Waals surface area contributed by atoms with Gasteiger partial charge in [0, 0.05) is 12.0 Å². The molecule has 0 aliphatic carbocycles. The van der Waals surface area contributed by atoms with Gasteiger partial charge in [0.05, 0.1) is 17.1 Å². The minimum Gasteiger partial charge on any atom is -0.484 e. The van der Waals surface area contributed by atoms with Crippen LogP contribution < -0.4 is 4.74 Å². The van der Waals surface area contributed by atoms with Crippen LogP contribution in [0.5, 0.6) is 5.75 Å². The van der Waals surface area contributed by atoms with Crippen molar-refractivity contribution in [3.8, 4) is 5.75 Å². The average molecular weight is 281 g/mol. The Bertz CT molecular complexity index is 461. The lowest BCUT2D eigenvalue weighted by atomic mass is 9.84. The van der Waals surface area contributed by atoms with Crippen LogP contribution in [0.2, 0.25) is 0 Å². The molecule has 2 unspecified atom stereocenters. The van der Waals surface area contributed by atoms with Crippen molar-refractivity contribution in [2.24, 2.45) is 5.92 Å². The van der Waals surface area contributed by atoms with Gasteiger partial charge in [0.15, 0.2) is 5.75 Å². The third-order valence-corrected chi connectivity index (χ3v) is 3.17. The van der Waals surface area contributed by atoms with Crippen LogP contribution in [0.15, 0.2) is 18.2 Å². The summed E-state index contributed by atoms with van der Waals surface area (Å²) in [6.07, 6.45) is -0.670. The van der Waals surface area contributed by atoms with Gasteiger partial charge >= 0.3 is 5.69 Å². The number of nitrogens with zero attached hydrogens (tertiary/aromatic N) is 1. The fourth-order valence-corrected chi connectivity index (χ4v) is 2.46. The SMILES string of the molecule is CC(C)Oc1cc(C(C(C)C)C(C)O)ccc1[N+](=O)[O-]. The molecule has 112 valence electrons. The van der Waals surface area contributed by atoms with Crippen LogP contribution in [-0.2, 0) is 0 Å². The highest BCUT2D eigenvalue weighted by Gasteiger charge is 2.25. The van der Waals surface area contributed by atoms with Crippen molar-refractivity contribution < 1.29 is 14.8 Å². The molecule has 0 aliphatic heterocycles. The number of ether oxygens (including phenoxy) is 1. The van der Waals surface area contributed by atoms with Gasteiger partial charge in [-0.3, -0.25) is 10.1 Å². The molecule has 0 aromatic heterocycles. The fraction of sp³-hybridized carbons (Fsp3) is 0.600. The topological polar surface area (TPSA) is 72.6 Å². The molecule has 0 fully saturated rings. The molecule has 0 bridgehead atoms. The number of benzene rings is 1. The molecule has 20 heavy (non-hydrogen) atoms. The summed E-state index contributed by atoms with van der Waals surface area (Å²) in [4.78, 5) is 10.6. The maximum absolute atomic E-state index is 11.0. The first kappa shape index (κ1) is 16.4. The summed E-state index contributed by atoms with van der Waals surface area (Å²) in [6.45, 7) is 9.41. The molecule has 1 aromatic rings. The predicted octanol–water partition coefficient (Wildman–Crippen LogP) is 3.50. The van der Waals surface area contributed by atoms with E-state index >= 15 is 0 Å². The highest BCUT2D eigenvalue weighted by Crippen LogP contribution is 2.35. The van der Waals surface area contributed by atoms with Gasteiger partial charge in [-0.1, -0.05) is 19.9 Å². The quantitative estimate of drug-likeness (QED) is 0.639. The largest absolute Gasteiger partial charge is 0.484 e. The first-order chi connectivity index (χ1) is 9.23. The average Bonchev–Trinajstić information content (AvgIpc) is 2.26. The van der Waals surface area contributed by atoms with E-state index in [9.17, 15) is 15.2 Å². The van der Waals surface area contributed by atoms with Gasteiger partial charge in [-0.15, -0.1) is 0 Å². The lowest BCUT2D eigenvalue weighted by molar-refractivity contribution is -0.386. The van der Waals surface area contributed by atoms with E-state index in [-0.39, 0.29) is 29.4 Å². The van der Waals surface area contributed by atoms with Crippen molar-refractivity contribution in [1.82, 2.24) is 0 Å². The molecule has 5 nitrogen and oxygen atoms in total. The zero-order valence-electron chi connectivity index (χ0n) is 12.7. The van der Waals surface area contributed by atoms with Gasteiger partial charge in [-0.2, -0.15) is 0 Å². The highest BCUT2D eigenvalue weighted by atomic mass is 16.6. The van der Waals surface area contributed by atoms with Gasteiger partial charge in [0.25, 0.3) is 0 Å². The van der Waals surface area contributed by atoms with Gasteiger partial charge in [-0.05, 0) is 38.3 Å². The van der Waals surface area contributed by atoms with Crippen LogP contribution in [0.1, 0.15) is 46.1 Å². The zero-order valence-corrected chi connectivity index (χ0v) is 12.7. The monoisotopic (exact) mass is 281 g/mol. The molecule has 0 saturated heterocycles. The van der Waals surface area contributed by atoms with E-state index in [4.69, 9.17) is 4.74 Å². The maximum atomic E-state index is 11.0. The Morgan fingerprint density at radius 1 is 1.20 bits per heavy atom. The molecule has 1 N–H and O–H groups in total. The second kappa shape index (κ2) is 6.70. The van der Waals surface area contributed by atoms with E-state index < -0.39 is 11.0 Å². The number of aliphatic hydroxyl groups is 1. The van der Waals surface area contributed by atoms with E-state index in [0.717, 1.165) is 5.56 Å². The van der Waals surface area contributed by atoms with Crippen LogP contribution >= 0.6 is 0 Å². The first-order valence-corrected chi connectivity index (χ1v) is 6.87. The number of nitro benzene ring substituents is 1. The van der Waals surface area contributed by atoms with Gasteiger partial charge in [-0.25, -0.2) is 0 Å². The Balaban J connectivity index is 3.26. The van der Waals surface area contributed by atoms with Crippen molar-refractivity contribution in [1.29, 1.82) is 0 Å². The number of hydrogen-bond donors (Lipinski definition) is 1. The summed E-state index contributed by atoms with van der Waals surface area (Å²) in [5.41, 5.74) is 0.812. The fourth-order valence-electron chi connectivity index (χ4n) is 2.46.